The van der Waals surface area contributed by atoms with Crippen LogP contribution in [0.5, 0.6) is 5.75 Å². The number of hydrogen-bond donors (Lipinski definition) is 2. The molecule has 0 fully saturated rings. The highest BCUT2D eigenvalue weighted by molar-refractivity contribution is 7.86. The molecule has 0 saturated heterocycles. The Balaban J connectivity index is 3.76. The molecule has 1 aromatic rings. The molecule has 0 unspecified atom stereocenters. The van der Waals surface area contributed by atoms with Crippen molar-refractivity contribution in [2.24, 2.45) is 0 Å². The van der Waals surface area contributed by atoms with Crippen molar-refractivity contribution in [1.82, 2.24) is 5.32 Å². The molecule has 0 bridgehead atoms. The number of ether oxygens (including phenoxy) is 1. The van der Waals surface area contributed by atoms with E-state index in [1.54, 1.807) is 0 Å². The average Bonchev–Trinajstić information content (AvgIpc) is 2.24. The minimum Gasteiger partial charge on any atom is -0.495 e. The van der Waals surface area contributed by atoms with Gasteiger partial charge in [0.25, 0.3) is 20.2 Å². The fraction of sp³-hybridized carbons (Fsp3) is 0.250. The fourth-order valence-electron chi connectivity index (χ4n) is 1.27. The van der Waals surface area contributed by atoms with Crippen molar-refractivity contribution >= 4 is 25.9 Å². The molecule has 1 radical (unpaired) electrons. The van der Waals surface area contributed by atoms with Crippen LogP contribution in [-0.2, 0) is 20.2 Å². The third-order valence-corrected chi connectivity index (χ3v) is 3.80. The van der Waals surface area contributed by atoms with Crippen molar-refractivity contribution in [3.63, 3.8) is 0 Å². The van der Waals surface area contributed by atoms with Crippen LogP contribution in [0, 0.1) is 0 Å². The van der Waals surface area contributed by atoms with Gasteiger partial charge >= 0.3 is 0 Å². The Morgan fingerprint density at radius 2 is 1.56 bits per heavy atom. The largest absolute Gasteiger partial charge is 0.495 e. The maximum absolute atomic E-state index is 11.1. The van der Waals surface area contributed by atoms with Crippen molar-refractivity contribution < 1.29 is 30.7 Å². The number of rotatable bonds is 4. The van der Waals surface area contributed by atoms with Gasteiger partial charge in [-0.2, -0.15) is 16.8 Å². The summed E-state index contributed by atoms with van der Waals surface area (Å²) in [5.74, 6) is -0.287. The monoisotopic (exact) mass is 296 g/mol. The molecule has 10 heteroatoms. The number of benzene rings is 1. The van der Waals surface area contributed by atoms with Crippen LogP contribution < -0.4 is 10.1 Å². The summed E-state index contributed by atoms with van der Waals surface area (Å²) in [5, 5.41) is 3.57. The topological polar surface area (TPSA) is 132 Å². The first-order valence-electron chi connectivity index (χ1n) is 4.38. The first kappa shape index (κ1) is 14.7. The fourth-order valence-corrected chi connectivity index (χ4v) is 2.69. The standard InChI is InChI=1S/C8H10NO7S2/c1-9-5-3-6(16-2)8(18(13,14)15)4-7(5)17(10,11)12/h3-4H,1-2H3,(H,10,11,12)(H,13,14,15). The van der Waals surface area contributed by atoms with Crippen LogP contribution in [0.4, 0.5) is 5.69 Å². The van der Waals surface area contributed by atoms with E-state index in [-0.39, 0.29) is 11.4 Å². The average molecular weight is 296 g/mol. The van der Waals surface area contributed by atoms with Crippen molar-refractivity contribution in [1.29, 1.82) is 0 Å². The van der Waals surface area contributed by atoms with Gasteiger partial charge in [-0.3, -0.25) is 14.4 Å². The Kier molecular flexibility index (Phi) is 3.86. The summed E-state index contributed by atoms with van der Waals surface area (Å²) >= 11 is 0. The molecule has 101 valence electrons. The summed E-state index contributed by atoms with van der Waals surface area (Å²) < 4.78 is 66.9. The molecular formula is C8H10NO7S2. The lowest BCUT2D eigenvalue weighted by Gasteiger charge is -2.11. The second-order valence-corrected chi connectivity index (χ2v) is 5.92. The maximum atomic E-state index is 11.1. The van der Waals surface area contributed by atoms with Gasteiger partial charge in [-0.25, -0.2) is 0 Å². The zero-order chi connectivity index (χ0) is 14.1. The lowest BCUT2D eigenvalue weighted by atomic mass is 10.3. The molecule has 0 aliphatic carbocycles. The SMILES string of the molecule is C[N]c1cc(OC)c(S(=O)(=O)O)cc1S(=O)(=O)O. The highest BCUT2D eigenvalue weighted by Gasteiger charge is 2.25. The second-order valence-electron chi connectivity index (χ2n) is 3.14. The van der Waals surface area contributed by atoms with Gasteiger partial charge in [0.2, 0.25) is 0 Å². The van der Waals surface area contributed by atoms with E-state index in [1.165, 1.54) is 7.05 Å². The van der Waals surface area contributed by atoms with Gasteiger partial charge in [0.15, 0.2) is 0 Å². The summed E-state index contributed by atoms with van der Waals surface area (Å²) in [7, 11) is -6.99. The molecule has 1 aromatic carbocycles. The molecule has 0 atom stereocenters. The Bertz CT molecular complexity index is 608. The Hall–Kier alpha value is -1.36. The Morgan fingerprint density at radius 3 is 1.89 bits per heavy atom. The second kappa shape index (κ2) is 4.72. The van der Waals surface area contributed by atoms with Gasteiger partial charge in [-0.05, 0) is 6.07 Å². The quantitative estimate of drug-likeness (QED) is 0.750. The van der Waals surface area contributed by atoms with Crippen molar-refractivity contribution in [2.45, 2.75) is 9.79 Å². The van der Waals surface area contributed by atoms with E-state index in [1.807, 2.05) is 0 Å². The van der Waals surface area contributed by atoms with E-state index in [4.69, 9.17) is 13.8 Å². The van der Waals surface area contributed by atoms with Crippen LogP contribution in [0.2, 0.25) is 0 Å². The predicted octanol–water partition coefficient (Wildman–Crippen LogP) is 0.0543. The van der Waals surface area contributed by atoms with E-state index in [0.717, 1.165) is 13.2 Å². The van der Waals surface area contributed by atoms with Gasteiger partial charge in [-0.15, -0.1) is 0 Å². The van der Waals surface area contributed by atoms with Crippen LogP contribution in [0.3, 0.4) is 0 Å². The molecule has 0 aliphatic rings. The molecule has 0 spiro atoms. The van der Waals surface area contributed by atoms with Crippen LogP contribution in [-0.4, -0.2) is 40.1 Å². The number of methoxy groups -OCH3 is 1. The normalized spacial score (nSPS) is 12.2. The first-order valence-corrected chi connectivity index (χ1v) is 7.26. The van der Waals surface area contributed by atoms with E-state index in [2.05, 4.69) is 5.32 Å². The van der Waals surface area contributed by atoms with Crippen molar-refractivity contribution in [3.8, 4) is 5.75 Å². The predicted molar refractivity (Wildman–Crippen MR) is 60.3 cm³/mol. The molecule has 0 aliphatic heterocycles. The van der Waals surface area contributed by atoms with E-state index < -0.39 is 30.0 Å². The van der Waals surface area contributed by atoms with Crippen LogP contribution in [0.1, 0.15) is 0 Å². The summed E-state index contributed by atoms with van der Waals surface area (Å²) in [6.07, 6.45) is 0. The summed E-state index contributed by atoms with van der Waals surface area (Å²) in [5.41, 5.74) is -0.193. The molecule has 0 heterocycles. The lowest BCUT2D eigenvalue weighted by Crippen LogP contribution is -2.08. The summed E-state index contributed by atoms with van der Waals surface area (Å²) in [6.45, 7) is 0. The highest BCUT2D eigenvalue weighted by Crippen LogP contribution is 2.32. The minimum absolute atomic E-state index is 0.193. The molecule has 8 nitrogen and oxygen atoms in total. The molecule has 18 heavy (non-hydrogen) atoms. The Morgan fingerprint density at radius 1 is 1.06 bits per heavy atom. The summed E-state index contributed by atoms with van der Waals surface area (Å²) in [4.78, 5) is -1.51. The maximum Gasteiger partial charge on any atom is 0.298 e. The number of hydrogen-bond acceptors (Lipinski definition) is 5. The molecule has 1 rings (SSSR count). The zero-order valence-electron chi connectivity index (χ0n) is 9.35. The molecular weight excluding hydrogens is 286 g/mol. The first-order chi connectivity index (χ1) is 8.11. The van der Waals surface area contributed by atoms with Crippen molar-refractivity contribution in [2.75, 3.05) is 14.2 Å². The zero-order valence-corrected chi connectivity index (χ0v) is 11.0. The number of nitrogens with zero attached hydrogens (tertiary/aromatic N) is 1. The van der Waals surface area contributed by atoms with Crippen molar-refractivity contribution in [3.05, 3.63) is 12.1 Å². The van der Waals surface area contributed by atoms with Crippen LogP contribution in [0.25, 0.3) is 0 Å². The Labute approximate surface area is 104 Å². The molecule has 0 aromatic heterocycles. The van der Waals surface area contributed by atoms with E-state index in [0.29, 0.717) is 6.07 Å². The molecule has 0 amide bonds. The molecule has 2 N–H and O–H groups in total. The van der Waals surface area contributed by atoms with Crippen LogP contribution in [0.15, 0.2) is 21.9 Å². The smallest absolute Gasteiger partial charge is 0.298 e. The third kappa shape index (κ3) is 2.90. The molecule has 0 saturated carbocycles. The minimum atomic E-state index is -4.70. The summed E-state index contributed by atoms with van der Waals surface area (Å²) in [6, 6.07) is 1.55. The van der Waals surface area contributed by atoms with E-state index in [9.17, 15) is 16.8 Å². The highest BCUT2D eigenvalue weighted by atomic mass is 32.2. The van der Waals surface area contributed by atoms with E-state index >= 15 is 0 Å². The van der Waals surface area contributed by atoms with Gasteiger partial charge in [0.1, 0.15) is 15.5 Å². The van der Waals surface area contributed by atoms with Gasteiger partial charge in [-0.1, -0.05) is 0 Å². The van der Waals surface area contributed by atoms with Gasteiger partial charge < -0.3 is 4.74 Å². The third-order valence-electron chi connectivity index (χ3n) is 2.04. The van der Waals surface area contributed by atoms with Gasteiger partial charge in [0, 0.05) is 13.1 Å². The van der Waals surface area contributed by atoms with Crippen LogP contribution >= 0.6 is 0 Å². The van der Waals surface area contributed by atoms with Gasteiger partial charge in [0.05, 0.1) is 12.8 Å². The lowest BCUT2D eigenvalue weighted by molar-refractivity contribution is 0.396.